The van der Waals surface area contributed by atoms with E-state index in [0.717, 1.165) is 29.9 Å². The molecule has 5 rings (SSSR count). The van der Waals surface area contributed by atoms with Crippen molar-refractivity contribution in [3.8, 4) is 0 Å². The molecule has 0 saturated heterocycles. The Labute approximate surface area is 133 Å². The second-order valence-corrected chi connectivity index (χ2v) is 8.46. The number of carbonyl (C=O) groups excluding carboxylic acids is 1. The molecule has 0 atom stereocenters. The van der Waals surface area contributed by atoms with Gasteiger partial charge in [-0.3, -0.25) is 4.79 Å². The maximum absolute atomic E-state index is 12.6. The monoisotopic (exact) mass is 297 g/mol. The van der Waals surface area contributed by atoms with E-state index in [1.165, 1.54) is 49.7 Å². The molecule has 4 aliphatic carbocycles. The van der Waals surface area contributed by atoms with Crippen LogP contribution in [0.15, 0.2) is 18.2 Å². The van der Waals surface area contributed by atoms with Crippen LogP contribution in [0.25, 0.3) is 0 Å². The molecule has 0 unspecified atom stereocenters. The van der Waals surface area contributed by atoms with Crippen LogP contribution in [0.1, 0.15) is 56.1 Å². The third kappa shape index (κ3) is 2.57. The minimum absolute atomic E-state index is 0.230. The third-order valence-electron chi connectivity index (χ3n) is 6.36. The highest BCUT2D eigenvalue weighted by Gasteiger charge is 2.51. The van der Waals surface area contributed by atoms with Crippen molar-refractivity contribution in [2.24, 2.45) is 23.2 Å². The second-order valence-electron chi connectivity index (χ2n) is 8.46. The average molecular weight is 297 g/mol. The van der Waals surface area contributed by atoms with Gasteiger partial charge >= 0.3 is 0 Å². The molecule has 0 heterocycles. The number of carbonyl (C=O) groups is 1. The van der Waals surface area contributed by atoms with Crippen molar-refractivity contribution in [2.75, 3.05) is 5.32 Å². The topological polar surface area (TPSA) is 29.1 Å². The number of aryl methyl sites for hydroxylation is 2. The summed E-state index contributed by atoms with van der Waals surface area (Å²) in [7, 11) is 0. The van der Waals surface area contributed by atoms with E-state index in [9.17, 15) is 4.79 Å². The van der Waals surface area contributed by atoms with Gasteiger partial charge in [-0.15, -0.1) is 0 Å². The first kappa shape index (κ1) is 14.3. The number of nitrogens with one attached hydrogen (secondary N) is 1. The number of hydrogen-bond acceptors (Lipinski definition) is 1. The molecule has 22 heavy (non-hydrogen) atoms. The minimum Gasteiger partial charge on any atom is -0.326 e. The van der Waals surface area contributed by atoms with Crippen LogP contribution >= 0.6 is 0 Å². The van der Waals surface area contributed by atoms with Crippen LogP contribution in [-0.4, -0.2) is 5.91 Å². The second kappa shape index (κ2) is 5.11. The fraction of sp³-hybridized carbons (Fsp3) is 0.650. The first-order chi connectivity index (χ1) is 10.5. The molecule has 0 aliphatic heterocycles. The van der Waals surface area contributed by atoms with Crippen molar-refractivity contribution >= 4 is 11.6 Å². The smallest absolute Gasteiger partial charge is 0.224 e. The quantitative estimate of drug-likeness (QED) is 0.849. The predicted molar refractivity (Wildman–Crippen MR) is 89.8 cm³/mol. The minimum atomic E-state index is 0.230. The van der Waals surface area contributed by atoms with E-state index in [-0.39, 0.29) is 5.91 Å². The molecule has 1 aromatic carbocycles. The summed E-state index contributed by atoms with van der Waals surface area (Å²) in [5.41, 5.74) is 3.73. The zero-order chi connectivity index (χ0) is 15.3. The Balaban J connectivity index is 1.46. The summed E-state index contributed by atoms with van der Waals surface area (Å²) < 4.78 is 0. The molecule has 0 spiro atoms. The van der Waals surface area contributed by atoms with Gasteiger partial charge in [-0.05, 0) is 87.2 Å². The lowest BCUT2D eigenvalue weighted by atomic mass is 9.49. The van der Waals surface area contributed by atoms with Gasteiger partial charge in [0.2, 0.25) is 5.91 Å². The molecule has 2 heteroatoms. The molecule has 0 aromatic heterocycles. The first-order valence-electron chi connectivity index (χ1n) is 8.88. The first-order valence-corrected chi connectivity index (χ1v) is 8.88. The number of benzene rings is 1. The fourth-order valence-electron chi connectivity index (χ4n) is 6.00. The Kier molecular flexibility index (Phi) is 3.32. The number of anilines is 1. The summed E-state index contributed by atoms with van der Waals surface area (Å²) in [6, 6.07) is 6.26. The van der Waals surface area contributed by atoms with Crippen LogP contribution in [0.3, 0.4) is 0 Å². The molecule has 0 radical (unpaired) electrons. The van der Waals surface area contributed by atoms with E-state index in [0.29, 0.717) is 5.41 Å². The number of hydrogen-bond donors (Lipinski definition) is 1. The van der Waals surface area contributed by atoms with Crippen LogP contribution < -0.4 is 5.32 Å². The van der Waals surface area contributed by atoms with E-state index in [1.54, 1.807) is 0 Å². The summed E-state index contributed by atoms with van der Waals surface area (Å²) in [4.78, 5) is 12.6. The van der Waals surface area contributed by atoms with Crippen molar-refractivity contribution in [3.63, 3.8) is 0 Å². The van der Waals surface area contributed by atoms with E-state index < -0.39 is 0 Å². The fourth-order valence-corrected chi connectivity index (χ4v) is 6.00. The Morgan fingerprint density at radius 3 is 2.23 bits per heavy atom. The van der Waals surface area contributed by atoms with E-state index in [1.807, 2.05) is 6.07 Å². The van der Waals surface area contributed by atoms with Crippen molar-refractivity contribution in [2.45, 2.75) is 58.8 Å². The van der Waals surface area contributed by atoms with Crippen LogP contribution in [0.4, 0.5) is 5.69 Å². The van der Waals surface area contributed by atoms with Crippen LogP contribution in [0.2, 0.25) is 0 Å². The molecule has 1 N–H and O–H groups in total. The Bertz CT molecular complexity index is 568. The lowest BCUT2D eigenvalue weighted by Crippen LogP contribution is -2.47. The van der Waals surface area contributed by atoms with Crippen molar-refractivity contribution in [3.05, 3.63) is 29.3 Å². The Morgan fingerprint density at radius 2 is 1.68 bits per heavy atom. The van der Waals surface area contributed by atoms with Gasteiger partial charge in [0.1, 0.15) is 0 Å². The zero-order valence-electron chi connectivity index (χ0n) is 13.8. The van der Waals surface area contributed by atoms with Gasteiger partial charge in [0.05, 0.1) is 0 Å². The molecule has 1 amide bonds. The molecule has 4 fully saturated rings. The predicted octanol–water partition coefficient (Wildman–Crippen LogP) is 4.85. The highest BCUT2D eigenvalue weighted by molar-refractivity contribution is 5.92. The average Bonchev–Trinajstić information content (AvgIpc) is 2.39. The standard InChI is InChI=1S/C20H27NO/c1-13-3-4-18(14(2)5-13)21-19(22)12-20-9-15-6-16(10-20)8-17(7-15)11-20/h3-5,15-17H,6-12H2,1-2H3,(H,21,22). The van der Waals surface area contributed by atoms with E-state index >= 15 is 0 Å². The van der Waals surface area contributed by atoms with Gasteiger partial charge in [0, 0.05) is 12.1 Å². The van der Waals surface area contributed by atoms with Crippen molar-refractivity contribution in [1.82, 2.24) is 0 Å². The third-order valence-corrected chi connectivity index (χ3v) is 6.36. The molecule has 4 bridgehead atoms. The van der Waals surface area contributed by atoms with E-state index in [4.69, 9.17) is 0 Å². The molecular formula is C20H27NO. The van der Waals surface area contributed by atoms with Crippen molar-refractivity contribution in [1.29, 1.82) is 0 Å². The zero-order valence-corrected chi connectivity index (χ0v) is 13.8. The van der Waals surface area contributed by atoms with Crippen LogP contribution in [-0.2, 0) is 4.79 Å². The Hall–Kier alpha value is -1.31. The molecule has 2 nitrogen and oxygen atoms in total. The van der Waals surface area contributed by atoms with Crippen LogP contribution in [0.5, 0.6) is 0 Å². The summed E-state index contributed by atoms with van der Waals surface area (Å²) in [6.07, 6.45) is 8.98. The van der Waals surface area contributed by atoms with Gasteiger partial charge in [0.15, 0.2) is 0 Å². The van der Waals surface area contributed by atoms with Gasteiger partial charge < -0.3 is 5.32 Å². The maximum atomic E-state index is 12.6. The van der Waals surface area contributed by atoms with Gasteiger partial charge in [0.25, 0.3) is 0 Å². The van der Waals surface area contributed by atoms with Gasteiger partial charge in [-0.25, -0.2) is 0 Å². The summed E-state index contributed by atoms with van der Waals surface area (Å²) >= 11 is 0. The lowest BCUT2D eigenvalue weighted by molar-refractivity contribution is -0.124. The summed E-state index contributed by atoms with van der Waals surface area (Å²) in [5, 5.41) is 3.17. The van der Waals surface area contributed by atoms with Crippen molar-refractivity contribution < 1.29 is 4.79 Å². The molecule has 4 saturated carbocycles. The largest absolute Gasteiger partial charge is 0.326 e. The van der Waals surface area contributed by atoms with Crippen LogP contribution in [0, 0.1) is 37.0 Å². The summed E-state index contributed by atoms with van der Waals surface area (Å²) in [6.45, 7) is 4.17. The molecule has 118 valence electrons. The molecule has 1 aromatic rings. The van der Waals surface area contributed by atoms with Gasteiger partial charge in [-0.1, -0.05) is 17.7 Å². The highest BCUT2D eigenvalue weighted by atomic mass is 16.1. The SMILES string of the molecule is Cc1ccc(NC(=O)CC23CC4CC(CC(C4)C2)C3)c(C)c1. The molecular weight excluding hydrogens is 270 g/mol. The molecule has 4 aliphatic rings. The van der Waals surface area contributed by atoms with Gasteiger partial charge in [-0.2, -0.15) is 0 Å². The Morgan fingerprint density at radius 1 is 1.09 bits per heavy atom. The van der Waals surface area contributed by atoms with E-state index in [2.05, 4.69) is 31.3 Å². The summed E-state index contributed by atoms with van der Waals surface area (Å²) in [5.74, 6) is 2.98. The number of amides is 1. The normalized spacial score (nSPS) is 35.6. The maximum Gasteiger partial charge on any atom is 0.224 e. The number of rotatable bonds is 3. The lowest BCUT2D eigenvalue weighted by Gasteiger charge is -2.56. The highest BCUT2D eigenvalue weighted by Crippen LogP contribution is 2.61.